The molecule has 1 aliphatic heterocycles. The highest BCUT2D eigenvalue weighted by atomic mass is 79.9. The van der Waals surface area contributed by atoms with E-state index in [1.807, 2.05) is 0 Å². The second kappa shape index (κ2) is 8.22. The van der Waals surface area contributed by atoms with Gasteiger partial charge in [-0.1, -0.05) is 12.7 Å². The summed E-state index contributed by atoms with van der Waals surface area (Å²) in [6.45, 7) is 5.45. The predicted molar refractivity (Wildman–Crippen MR) is 108 cm³/mol. The molecule has 3 rings (SSSR count). The van der Waals surface area contributed by atoms with Gasteiger partial charge in [0.2, 0.25) is 0 Å². The number of nitrogens with one attached hydrogen (secondary N) is 1. The number of esters is 1. The summed E-state index contributed by atoms with van der Waals surface area (Å²) < 4.78 is 11.0. The number of allylic oxidation sites excluding steroid dienone is 3. The van der Waals surface area contributed by atoms with Crippen molar-refractivity contribution in [2.45, 2.75) is 32.1 Å². The first-order chi connectivity index (χ1) is 13.4. The van der Waals surface area contributed by atoms with E-state index in [2.05, 4.69) is 27.8 Å². The standard InChI is InChI=1S/C21H22BrNO5/c1-4-8-28-21(26)17-11(2)23-14-6-5-7-15(24)19(14)18(17)12-9-13(22)20(25)16(10-12)27-3/h4,9-10,18,23,25H,1,5-8H2,2-3H3/t18-/m1/s1. The molecular formula is C21H22BrNO5. The molecular weight excluding hydrogens is 426 g/mol. The Bertz CT molecular complexity index is 916. The largest absolute Gasteiger partial charge is 0.503 e. The number of aromatic hydroxyl groups is 1. The first-order valence-electron chi connectivity index (χ1n) is 8.97. The van der Waals surface area contributed by atoms with E-state index in [1.54, 1.807) is 19.1 Å². The van der Waals surface area contributed by atoms with Crippen LogP contribution in [-0.4, -0.2) is 30.6 Å². The monoisotopic (exact) mass is 447 g/mol. The molecule has 0 unspecified atom stereocenters. The Balaban J connectivity index is 2.20. The van der Waals surface area contributed by atoms with Crippen LogP contribution in [0, 0.1) is 0 Å². The lowest BCUT2D eigenvalue weighted by Crippen LogP contribution is -2.34. The number of ether oxygens (including phenoxy) is 2. The number of dihydropyridines is 1. The molecule has 0 amide bonds. The number of phenols is 1. The van der Waals surface area contributed by atoms with E-state index in [1.165, 1.54) is 13.2 Å². The van der Waals surface area contributed by atoms with E-state index in [0.29, 0.717) is 33.3 Å². The van der Waals surface area contributed by atoms with Crippen LogP contribution in [0.5, 0.6) is 11.5 Å². The van der Waals surface area contributed by atoms with E-state index in [0.717, 1.165) is 18.5 Å². The number of phenolic OH excluding ortho intramolecular Hbond substituents is 1. The maximum Gasteiger partial charge on any atom is 0.337 e. The highest BCUT2D eigenvalue weighted by Crippen LogP contribution is 2.46. The molecule has 1 atom stereocenters. The van der Waals surface area contributed by atoms with Crippen molar-refractivity contribution in [3.8, 4) is 11.5 Å². The lowest BCUT2D eigenvalue weighted by molar-refractivity contribution is -0.138. The van der Waals surface area contributed by atoms with E-state index in [-0.39, 0.29) is 23.9 Å². The fraction of sp³-hybridized carbons (Fsp3) is 0.333. The average molecular weight is 448 g/mol. The van der Waals surface area contributed by atoms with Gasteiger partial charge >= 0.3 is 5.97 Å². The van der Waals surface area contributed by atoms with Crippen LogP contribution >= 0.6 is 15.9 Å². The van der Waals surface area contributed by atoms with Crippen LogP contribution in [0.3, 0.4) is 0 Å². The number of Topliss-reactive ketones (excluding diaryl/α,β-unsaturated/α-hetero) is 1. The maximum atomic E-state index is 12.8. The first-order valence-corrected chi connectivity index (χ1v) is 9.76. The van der Waals surface area contributed by atoms with Crippen LogP contribution in [0.4, 0.5) is 0 Å². The van der Waals surface area contributed by atoms with Gasteiger partial charge in [-0.25, -0.2) is 4.79 Å². The molecule has 0 aromatic heterocycles. The van der Waals surface area contributed by atoms with E-state index in [9.17, 15) is 14.7 Å². The minimum atomic E-state index is -0.604. The number of methoxy groups -OCH3 is 1. The number of halogens is 1. The number of benzene rings is 1. The molecule has 0 spiro atoms. The summed E-state index contributed by atoms with van der Waals surface area (Å²) in [5.74, 6) is -0.899. The Morgan fingerprint density at radius 3 is 2.86 bits per heavy atom. The van der Waals surface area contributed by atoms with E-state index >= 15 is 0 Å². The van der Waals surface area contributed by atoms with Gasteiger partial charge in [0.05, 0.1) is 17.2 Å². The molecule has 0 bridgehead atoms. The zero-order chi connectivity index (χ0) is 20.4. The zero-order valence-corrected chi connectivity index (χ0v) is 17.4. The molecule has 2 aliphatic rings. The normalized spacial score (nSPS) is 19.1. The third-order valence-electron chi connectivity index (χ3n) is 4.93. The highest BCUT2D eigenvalue weighted by Gasteiger charge is 2.39. The van der Waals surface area contributed by atoms with Gasteiger partial charge in [0.1, 0.15) is 6.61 Å². The third kappa shape index (κ3) is 3.58. The Morgan fingerprint density at radius 1 is 1.43 bits per heavy atom. The van der Waals surface area contributed by atoms with E-state index < -0.39 is 11.9 Å². The molecule has 148 valence electrons. The van der Waals surface area contributed by atoms with Gasteiger partial charge in [-0.05, 0) is 53.4 Å². The predicted octanol–water partition coefficient (Wildman–Crippen LogP) is 3.86. The molecule has 0 radical (unpaired) electrons. The number of carbonyl (C=O) groups is 2. The summed E-state index contributed by atoms with van der Waals surface area (Å²) in [6, 6.07) is 3.35. The number of rotatable bonds is 5. The molecule has 1 aliphatic carbocycles. The van der Waals surface area contributed by atoms with Crippen molar-refractivity contribution in [3.63, 3.8) is 0 Å². The molecule has 0 saturated carbocycles. The number of ketones is 1. The maximum absolute atomic E-state index is 12.8. The van der Waals surface area contributed by atoms with Crippen LogP contribution < -0.4 is 10.1 Å². The fourth-order valence-corrected chi connectivity index (χ4v) is 4.18. The summed E-state index contributed by atoms with van der Waals surface area (Å²) in [4.78, 5) is 25.7. The van der Waals surface area contributed by atoms with Crippen molar-refractivity contribution in [1.82, 2.24) is 5.32 Å². The topological polar surface area (TPSA) is 84.9 Å². The number of carbonyl (C=O) groups excluding carboxylic acids is 2. The van der Waals surface area contributed by atoms with Gasteiger partial charge in [-0.2, -0.15) is 0 Å². The first kappa shape index (κ1) is 20.2. The second-order valence-electron chi connectivity index (χ2n) is 6.71. The summed E-state index contributed by atoms with van der Waals surface area (Å²) in [5.41, 5.74) is 3.09. The van der Waals surface area contributed by atoms with Crippen molar-refractivity contribution in [3.05, 3.63) is 57.4 Å². The van der Waals surface area contributed by atoms with Crippen molar-refractivity contribution in [1.29, 1.82) is 0 Å². The Kier molecular flexibility index (Phi) is 5.93. The van der Waals surface area contributed by atoms with Gasteiger partial charge < -0.3 is 19.9 Å². The molecule has 28 heavy (non-hydrogen) atoms. The van der Waals surface area contributed by atoms with Gasteiger partial charge in [0.25, 0.3) is 0 Å². The van der Waals surface area contributed by atoms with Gasteiger partial charge in [-0.3, -0.25) is 4.79 Å². The molecule has 6 nitrogen and oxygen atoms in total. The van der Waals surface area contributed by atoms with Crippen molar-refractivity contribution in [2.24, 2.45) is 0 Å². The third-order valence-corrected chi connectivity index (χ3v) is 5.54. The number of hydrogen-bond acceptors (Lipinski definition) is 6. The minimum absolute atomic E-state index is 0.00318. The number of hydrogen-bond donors (Lipinski definition) is 2. The summed E-state index contributed by atoms with van der Waals surface area (Å²) in [5, 5.41) is 13.4. The second-order valence-corrected chi connectivity index (χ2v) is 7.56. The molecule has 2 N–H and O–H groups in total. The van der Waals surface area contributed by atoms with Crippen LogP contribution in [0.25, 0.3) is 0 Å². The molecule has 7 heteroatoms. The molecule has 0 saturated heterocycles. The zero-order valence-electron chi connectivity index (χ0n) is 15.8. The quantitative estimate of drug-likeness (QED) is 0.526. The smallest absolute Gasteiger partial charge is 0.337 e. The van der Waals surface area contributed by atoms with E-state index in [4.69, 9.17) is 9.47 Å². The van der Waals surface area contributed by atoms with Crippen LogP contribution in [0.15, 0.2) is 51.8 Å². The van der Waals surface area contributed by atoms with Gasteiger partial charge in [-0.15, -0.1) is 0 Å². The summed E-state index contributed by atoms with van der Waals surface area (Å²) in [7, 11) is 1.45. The minimum Gasteiger partial charge on any atom is -0.503 e. The molecule has 1 aromatic carbocycles. The van der Waals surface area contributed by atoms with Crippen molar-refractivity contribution in [2.75, 3.05) is 13.7 Å². The lowest BCUT2D eigenvalue weighted by Gasteiger charge is -2.34. The lowest BCUT2D eigenvalue weighted by atomic mass is 9.75. The summed E-state index contributed by atoms with van der Waals surface area (Å²) >= 11 is 3.33. The highest BCUT2D eigenvalue weighted by molar-refractivity contribution is 9.10. The Labute approximate surface area is 172 Å². The van der Waals surface area contributed by atoms with Crippen molar-refractivity contribution >= 4 is 27.7 Å². The van der Waals surface area contributed by atoms with Gasteiger partial charge in [0.15, 0.2) is 17.3 Å². The molecule has 1 aromatic rings. The van der Waals surface area contributed by atoms with Crippen LogP contribution in [0.1, 0.15) is 37.7 Å². The SMILES string of the molecule is C=CCOC(=O)C1=C(C)NC2=C(C(=O)CCC2)[C@@H]1c1cc(Br)c(O)c(OC)c1. The Morgan fingerprint density at radius 2 is 2.18 bits per heavy atom. The average Bonchev–Trinajstić information content (AvgIpc) is 2.67. The van der Waals surface area contributed by atoms with Crippen molar-refractivity contribution < 1.29 is 24.2 Å². The summed E-state index contributed by atoms with van der Waals surface area (Å²) in [6.07, 6.45) is 3.43. The Hall–Kier alpha value is -2.54. The molecule has 0 fully saturated rings. The van der Waals surface area contributed by atoms with Crippen LogP contribution in [-0.2, 0) is 14.3 Å². The van der Waals surface area contributed by atoms with Gasteiger partial charge in [0, 0.05) is 29.3 Å². The fourth-order valence-electron chi connectivity index (χ4n) is 3.72. The molecule has 1 heterocycles. The van der Waals surface area contributed by atoms with Crippen LogP contribution in [0.2, 0.25) is 0 Å².